The highest BCUT2D eigenvalue weighted by Crippen LogP contribution is 2.29. The smallest absolute Gasteiger partial charge is 0.243 e. The van der Waals surface area contributed by atoms with Gasteiger partial charge in [-0.2, -0.15) is 0 Å². The average molecular weight is 245 g/mol. The van der Waals surface area contributed by atoms with Gasteiger partial charge in [-0.1, -0.05) is 23.2 Å². The van der Waals surface area contributed by atoms with Crippen molar-refractivity contribution in [1.29, 1.82) is 0 Å². The van der Waals surface area contributed by atoms with Gasteiger partial charge in [0.15, 0.2) is 0 Å². The maximum Gasteiger partial charge on any atom is 0.243 e. The minimum absolute atomic E-state index is 0.0617. The Morgan fingerprint density at radius 3 is 2.60 bits per heavy atom. The molecule has 3 nitrogen and oxygen atoms in total. The van der Waals surface area contributed by atoms with Crippen molar-refractivity contribution in [3.63, 3.8) is 0 Å². The van der Waals surface area contributed by atoms with Crippen molar-refractivity contribution in [2.45, 2.75) is 12.5 Å². The summed E-state index contributed by atoms with van der Waals surface area (Å²) in [6.45, 7) is 0.637. The molecule has 1 amide bonds. The van der Waals surface area contributed by atoms with Gasteiger partial charge in [-0.3, -0.25) is 4.79 Å². The zero-order valence-electron chi connectivity index (χ0n) is 7.91. The summed E-state index contributed by atoms with van der Waals surface area (Å²) >= 11 is 11.7. The summed E-state index contributed by atoms with van der Waals surface area (Å²) in [5.74, 6) is -0.0617. The van der Waals surface area contributed by atoms with E-state index < -0.39 is 0 Å². The topological polar surface area (TPSA) is 46.3 Å². The monoisotopic (exact) mass is 244 g/mol. The van der Waals surface area contributed by atoms with E-state index >= 15 is 0 Å². The standard InChI is InChI=1S/C10H10Cl2N2O/c11-7-2-1-6(5-8(7)12)14-4-3-9(13)10(14)15/h1-2,5,9H,3-4,13H2/t9-/m0/s1. The molecule has 1 heterocycles. The van der Waals surface area contributed by atoms with Crippen molar-refractivity contribution < 1.29 is 4.79 Å². The second kappa shape index (κ2) is 4.00. The average Bonchev–Trinajstić information content (AvgIpc) is 2.53. The third-order valence-electron chi connectivity index (χ3n) is 2.46. The first kappa shape index (κ1) is 10.7. The Hall–Kier alpha value is -0.770. The van der Waals surface area contributed by atoms with Gasteiger partial charge in [0.1, 0.15) is 0 Å². The van der Waals surface area contributed by atoms with Crippen LogP contribution in [0.1, 0.15) is 6.42 Å². The molecule has 1 aromatic carbocycles. The molecule has 1 aromatic rings. The summed E-state index contributed by atoms with van der Waals surface area (Å²) in [4.78, 5) is 13.3. The molecular formula is C10H10Cl2N2O. The number of rotatable bonds is 1. The lowest BCUT2D eigenvalue weighted by molar-refractivity contribution is -0.118. The second-order valence-corrected chi connectivity index (χ2v) is 4.30. The Kier molecular flexibility index (Phi) is 2.87. The van der Waals surface area contributed by atoms with Crippen molar-refractivity contribution >= 4 is 34.8 Å². The lowest BCUT2D eigenvalue weighted by Gasteiger charge is -2.16. The molecule has 1 atom stereocenters. The number of hydrogen-bond donors (Lipinski definition) is 1. The SMILES string of the molecule is N[C@H]1CCN(c2ccc(Cl)c(Cl)c2)C1=O. The van der Waals surface area contributed by atoms with Crippen molar-refractivity contribution in [2.24, 2.45) is 5.73 Å². The van der Waals surface area contributed by atoms with Crippen LogP contribution < -0.4 is 10.6 Å². The molecule has 15 heavy (non-hydrogen) atoms. The molecule has 1 saturated heterocycles. The lowest BCUT2D eigenvalue weighted by atomic mass is 10.3. The molecule has 0 saturated carbocycles. The van der Waals surface area contributed by atoms with Crippen molar-refractivity contribution in [3.05, 3.63) is 28.2 Å². The number of hydrogen-bond acceptors (Lipinski definition) is 2. The van der Waals surface area contributed by atoms with Gasteiger partial charge in [0, 0.05) is 12.2 Å². The number of halogens is 2. The van der Waals surface area contributed by atoms with Gasteiger partial charge in [0.05, 0.1) is 16.1 Å². The minimum Gasteiger partial charge on any atom is -0.320 e. The molecule has 2 N–H and O–H groups in total. The molecule has 0 unspecified atom stereocenters. The molecule has 1 aliphatic rings. The molecular weight excluding hydrogens is 235 g/mol. The summed E-state index contributed by atoms with van der Waals surface area (Å²) in [5.41, 5.74) is 6.38. The number of anilines is 1. The first-order valence-electron chi connectivity index (χ1n) is 4.61. The van der Waals surface area contributed by atoms with Gasteiger partial charge in [-0.05, 0) is 24.6 Å². The Labute approximate surface area is 97.8 Å². The Balaban J connectivity index is 2.31. The minimum atomic E-state index is -0.389. The van der Waals surface area contributed by atoms with E-state index in [0.29, 0.717) is 23.0 Å². The van der Waals surface area contributed by atoms with E-state index in [9.17, 15) is 4.79 Å². The number of benzene rings is 1. The van der Waals surface area contributed by atoms with E-state index in [1.807, 2.05) is 0 Å². The normalized spacial score (nSPS) is 21.1. The highest BCUT2D eigenvalue weighted by atomic mass is 35.5. The summed E-state index contributed by atoms with van der Waals surface area (Å²) in [7, 11) is 0. The molecule has 2 rings (SSSR count). The van der Waals surface area contributed by atoms with E-state index in [1.54, 1.807) is 23.1 Å². The molecule has 0 aromatic heterocycles. The van der Waals surface area contributed by atoms with Crippen LogP contribution in [0.4, 0.5) is 5.69 Å². The van der Waals surface area contributed by atoms with Gasteiger partial charge in [-0.15, -0.1) is 0 Å². The van der Waals surface area contributed by atoms with Crippen LogP contribution in [0.3, 0.4) is 0 Å². The van der Waals surface area contributed by atoms with Crippen LogP contribution >= 0.6 is 23.2 Å². The molecule has 1 aliphatic heterocycles. The third kappa shape index (κ3) is 1.95. The van der Waals surface area contributed by atoms with Crippen LogP contribution in [0.2, 0.25) is 10.0 Å². The Morgan fingerprint density at radius 2 is 2.07 bits per heavy atom. The lowest BCUT2D eigenvalue weighted by Crippen LogP contribution is -2.33. The number of amides is 1. The molecule has 0 bridgehead atoms. The summed E-state index contributed by atoms with van der Waals surface area (Å²) in [6.07, 6.45) is 0.680. The van der Waals surface area contributed by atoms with Crippen LogP contribution in [0.5, 0.6) is 0 Å². The number of carbonyl (C=O) groups excluding carboxylic acids is 1. The maximum atomic E-state index is 11.6. The van der Waals surface area contributed by atoms with Crippen LogP contribution in [0.25, 0.3) is 0 Å². The fourth-order valence-corrected chi connectivity index (χ4v) is 1.90. The fourth-order valence-electron chi connectivity index (χ4n) is 1.61. The molecule has 1 fully saturated rings. The predicted molar refractivity (Wildman–Crippen MR) is 61.4 cm³/mol. The van der Waals surface area contributed by atoms with E-state index in [-0.39, 0.29) is 11.9 Å². The van der Waals surface area contributed by atoms with Gasteiger partial charge >= 0.3 is 0 Å². The maximum absolute atomic E-state index is 11.6. The molecule has 0 aliphatic carbocycles. The third-order valence-corrected chi connectivity index (χ3v) is 3.20. The highest BCUT2D eigenvalue weighted by molar-refractivity contribution is 6.42. The molecule has 0 radical (unpaired) electrons. The number of nitrogens with two attached hydrogens (primary N) is 1. The second-order valence-electron chi connectivity index (χ2n) is 3.48. The zero-order valence-corrected chi connectivity index (χ0v) is 9.42. The fraction of sp³-hybridized carbons (Fsp3) is 0.300. The van der Waals surface area contributed by atoms with Crippen molar-refractivity contribution in [1.82, 2.24) is 0 Å². The van der Waals surface area contributed by atoms with E-state index in [1.165, 1.54) is 0 Å². The molecule has 5 heteroatoms. The van der Waals surface area contributed by atoms with Crippen LogP contribution in [-0.4, -0.2) is 18.5 Å². The van der Waals surface area contributed by atoms with E-state index in [0.717, 1.165) is 5.69 Å². The van der Waals surface area contributed by atoms with E-state index in [4.69, 9.17) is 28.9 Å². The number of carbonyl (C=O) groups is 1. The first-order valence-corrected chi connectivity index (χ1v) is 5.37. The van der Waals surface area contributed by atoms with Crippen LogP contribution in [0, 0.1) is 0 Å². The quantitative estimate of drug-likeness (QED) is 0.823. The Morgan fingerprint density at radius 1 is 1.33 bits per heavy atom. The molecule has 0 spiro atoms. The largest absolute Gasteiger partial charge is 0.320 e. The summed E-state index contributed by atoms with van der Waals surface area (Å²) in [5, 5.41) is 0.929. The van der Waals surface area contributed by atoms with E-state index in [2.05, 4.69) is 0 Å². The molecule has 80 valence electrons. The Bertz CT molecular complexity index is 408. The number of nitrogens with zero attached hydrogens (tertiary/aromatic N) is 1. The predicted octanol–water partition coefficient (Wildman–Crippen LogP) is 2.06. The van der Waals surface area contributed by atoms with Crippen molar-refractivity contribution in [2.75, 3.05) is 11.4 Å². The van der Waals surface area contributed by atoms with Crippen molar-refractivity contribution in [3.8, 4) is 0 Å². The zero-order chi connectivity index (χ0) is 11.0. The first-order chi connectivity index (χ1) is 7.09. The van der Waals surface area contributed by atoms with Gasteiger partial charge in [0.2, 0.25) is 5.91 Å². The van der Waals surface area contributed by atoms with Gasteiger partial charge < -0.3 is 10.6 Å². The van der Waals surface area contributed by atoms with Crippen LogP contribution in [0.15, 0.2) is 18.2 Å². The van der Waals surface area contributed by atoms with Gasteiger partial charge in [-0.25, -0.2) is 0 Å². The summed E-state index contributed by atoms with van der Waals surface area (Å²) < 4.78 is 0. The van der Waals surface area contributed by atoms with Crippen LogP contribution in [-0.2, 0) is 4.79 Å². The summed E-state index contributed by atoms with van der Waals surface area (Å²) in [6, 6.07) is 4.74. The van der Waals surface area contributed by atoms with Gasteiger partial charge in [0.25, 0.3) is 0 Å². The highest BCUT2D eigenvalue weighted by Gasteiger charge is 2.29.